The Bertz CT molecular complexity index is 531. The molecule has 106 valence electrons. The van der Waals surface area contributed by atoms with Gasteiger partial charge in [0.05, 0.1) is 6.61 Å². The van der Waals surface area contributed by atoms with Crippen molar-refractivity contribution >= 4 is 17.4 Å². The largest absolute Gasteiger partial charge is 0.493 e. The highest BCUT2D eigenvalue weighted by Gasteiger charge is 1.98. The van der Waals surface area contributed by atoms with Gasteiger partial charge in [0.15, 0.2) is 0 Å². The molecule has 0 bridgehead atoms. The minimum absolute atomic E-state index is 0.722. The van der Waals surface area contributed by atoms with Crippen molar-refractivity contribution in [3.05, 3.63) is 59.2 Å². The summed E-state index contributed by atoms with van der Waals surface area (Å²) in [5.41, 5.74) is 10.5. The number of ether oxygens (including phenoxy) is 1. The molecule has 0 atom stereocenters. The van der Waals surface area contributed by atoms with Gasteiger partial charge in [-0.05, 0) is 43.7 Å². The molecule has 0 amide bonds. The van der Waals surface area contributed by atoms with Gasteiger partial charge < -0.3 is 10.5 Å². The van der Waals surface area contributed by atoms with Crippen molar-refractivity contribution in [1.82, 2.24) is 0 Å². The molecule has 0 unspecified atom stereocenters. The lowest BCUT2D eigenvalue weighted by molar-refractivity contribution is 0.344. The molecule has 0 aliphatic rings. The second-order valence-corrected chi connectivity index (χ2v) is 6.07. The van der Waals surface area contributed by atoms with Gasteiger partial charge in [-0.25, -0.2) is 0 Å². The Hall–Kier alpha value is -1.61. The van der Waals surface area contributed by atoms with E-state index in [1.165, 1.54) is 16.7 Å². The van der Waals surface area contributed by atoms with Crippen LogP contribution in [0.2, 0.25) is 0 Å². The van der Waals surface area contributed by atoms with E-state index in [0.29, 0.717) is 0 Å². The zero-order chi connectivity index (χ0) is 14.4. The number of anilines is 1. The fourth-order valence-electron chi connectivity index (χ4n) is 2.12. The van der Waals surface area contributed by atoms with Crippen LogP contribution >= 0.6 is 11.8 Å². The molecule has 3 heteroatoms. The Kier molecular flexibility index (Phi) is 5.36. The number of aryl methyl sites for hydroxylation is 2. The van der Waals surface area contributed by atoms with Crippen LogP contribution < -0.4 is 10.5 Å². The van der Waals surface area contributed by atoms with Crippen LogP contribution in [0, 0.1) is 13.8 Å². The summed E-state index contributed by atoms with van der Waals surface area (Å²) >= 11 is 1.90. The molecule has 0 aromatic heterocycles. The molecule has 0 radical (unpaired) electrons. The van der Waals surface area contributed by atoms with E-state index in [0.717, 1.165) is 29.5 Å². The Morgan fingerprint density at radius 2 is 1.65 bits per heavy atom. The maximum atomic E-state index is 5.67. The standard InChI is InChI=1S/C17H21NOS/c1-13-9-14(2)11-15(10-13)12-20-8-7-19-17-5-3-16(18)4-6-17/h3-6,9-11H,7-8,12,18H2,1-2H3. The first kappa shape index (κ1) is 14.8. The summed E-state index contributed by atoms with van der Waals surface area (Å²) in [5.74, 6) is 2.90. The smallest absolute Gasteiger partial charge is 0.119 e. The first-order chi connectivity index (χ1) is 9.63. The van der Waals surface area contributed by atoms with Gasteiger partial charge in [-0.2, -0.15) is 11.8 Å². The van der Waals surface area contributed by atoms with Gasteiger partial charge in [0, 0.05) is 17.2 Å². The van der Waals surface area contributed by atoms with Gasteiger partial charge in [-0.15, -0.1) is 0 Å². The highest BCUT2D eigenvalue weighted by molar-refractivity contribution is 7.98. The molecule has 20 heavy (non-hydrogen) atoms. The first-order valence-electron chi connectivity index (χ1n) is 6.77. The predicted octanol–water partition coefficient (Wildman–Crippen LogP) is 4.20. The average molecular weight is 287 g/mol. The minimum Gasteiger partial charge on any atom is -0.493 e. The summed E-state index contributed by atoms with van der Waals surface area (Å²) in [6.45, 7) is 5.01. The van der Waals surface area contributed by atoms with Crippen LogP contribution in [0.3, 0.4) is 0 Å². The second-order valence-electron chi connectivity index (χ2n) is 4.97. The van der Waals surface area contributed by atoms with Crippen molar-refractivity contribution in [1.29, 1.82) is 0 Å². The van der Waals surface area contributed by atoms with Crippen LogP contribution in [-0.2, 0) is 5.75 Å². The molecular formula is C17H21NOS. The predicted molar refractivity (Wildman–Crippen MR) is 88.4 cm³/mol. The molecule has 2 N–H and O–H groups in total. The van der Waals surface area contributed by atoms with Crippen molar-refractivity contribution in [3.8, 4) is 5.75 Å². The van der Waals surface area contributed by atoms with Crippen LogP contribution in [-0.4, -0.2) is 12.4 Å². The number of nitrogens with two attached hydrogens (primary N) is 1. The molecule has 0 heterocycles. The van der Waals surface area contributed by atoms with E-state index < -0.39 is 0 Å². The third-order valence-electron chi connectivity index (χ3n) is 2.93. The topological polar surface area (TPSA) is 35.2 Å². The van der Waals surface area contributed by atoms with E-state index in [9.17, 15) is 0 Å². The second kappa shape index (κ2) is 7.25. The quantitative estimate of drug-likeness (QED) is 0.639. The Labute approximate surface area is 125 Å². The zero-order valence-electron chi connectivity index (χ0n) is 12.1. The fourth-order valence-corrected chi connectivity index (χ4v) is 2.87. The Balaban J connectivity index is 1.70. The summed E-state index contributed by atoms with van der Waals surface area (Å²) in [5, 5.41) is 0. The van der Waals surface area contributed by atoms with E-state index >= 15 is 0 Å². The van der Waals surface area contributed by atoms with Crippen molar-refractivity contribution in [2.24, 2.45) is 0 Å². The van der Waals surface area contributed by atoms with Crippen molar-refractivity contribution in [2.45, 2.75) is 19.6 Å². The monoisotopic (exact) mass is 287 g/mol. The molecule has 0 saturated heterocycles. The van der Waals surface area contributed by atoms with Crippen LogP contribution in [0.25, 0.3) is 0 Å². The lowest BCUT2D eigenvalue weighted by atomic mass is 10.1. The summed E-state index contributed by atoms with van der Waals surface area (Å²) in [4.78, 5) is 0. The number of benzene rings is 2. The zero-order valence-corrected chi connectivity index (χ0v) is 12.9. The van der Waals surface area contributed by atoms with Crippen LogP contribution in [0.4, 0.5) is 5.69 Å². The summed E-state index contributed by atoms with van der Waals surface area (Å²) in [6.07, 6.45) is 0. The van der Waals surface area contributed by atoms with Crippen LogP contribution in [0.15, 0.2) is 42.5 Å². The Morgan fingerprint density at radius 3 is 2.30 bits per heavy atom. The van der Waals surface area contributed by atoms with Gasteiger partial charge in [0.25, 0.3) is 0 Å². The van der Waals surface area contributed by atoms with E-state index in [1.807, 2.05) is 36.0 Å². The number of rotatable bonds is 6. The Morgan fingerprint density at radius 1 is 1.00 bits per heavy atom. The molecule has 0 aliphatic heterocycles. The number of hydrogen-bond donors (Lipinski definition) is 1. The molecule has 2 rings (SSSR count). The highest BCUT2D eigenvalue weighted by atomic mass is 32.2. The molecule has 2 aromatic rings. The minimum atomic E-state index is 0.722. The van der Waals surface area contributed by atoms with Crippen molar-refractivity contribution < 1.29 is 4.74 Å². The summed E-state index contributed by atoms with van der Waals surface area (Å²) in [6, 6.07) is 14.2. The van der Waals surface area contributed by atoms with Gasteiger partial charge in [0.1, 0.15) is 5.75 Å². The van der Waals surface area contributed by atoms with E-state index in [2.05, 4.69) is 32.0 Å². The molecule has 2 aromatic carbocycles. The van der Waals surface area contributed by atoms with Gasteiger partial charge in [-0.1, -0.05) is 29.3 Å². The first-order valence-corrected chi connectivity index (χ1v) is 7.92. The maximum absolute atomic E-state index is 5.67. The highest BCUT2D eigenvalue weighted by Crippen LogP contribution is 2.17. The summed E-state index contributed by atoms with van der Waals surface area (Å²) in [7, 11) is 0. The molecule has 0 aliphatic carbocycles. The molecule has 0 fully saturated rings. The maximum Gasteiger partial charge on any atom is 0.119 e. The number of nitrogen functional groups attached to an aromatic ring is 1. The molecule has 0 spiro atoms. The molecule has 2 nitrogen and oxygen atoms in total. The summed E-state index contributed by atoms with van der Waals surface area (Å²) < 4.78 is 5.67. The van der Waals surface area contributed by atoms with Gasteiger partial charge in [0.2, 0.25) is 0 Å². The van der Waals surface area contributed by atoms with Gasteiger partial charge >= 0.3 is 0 Å². The van der Waals surface area contributed by atoms with Crippen LogP contribution in [0.1, 0.15) is 16.7 Å². The van der Waals surface area contributed by atoms with Crippen LogP contribution in [0.5, 0.6) is 5.75 Å². The van der Waals surface area contributed by atoms with E-state index in [-0.39, 0.29) is 0 Å². The lowest BCUT2D eigenvalue weighted by Crippen LogP contribution is -2.00. The number of hydrogen-bond acceptors (Lipinski definition) is 3. The third-order valence-corrected chi connectivity index (χ3v) is 3.92. The molecule has 0 saturated carbocycles. The van der Waals surface area contributed by atoms with Crippen molar-refractivity contribution in [2.75, 3.05) is 18.1 Å². The third kappa shape index (κ3) is 4.82. The van der Waals surface area contributed by atoms with Crippen molar-refractivity contribution in [3.63, 3.8) is 0 Å². The average Bonchev–Trinajstić information content (AvgIpc) is 2.39. The molecular weight excluding hydrogens is 266 g/mol. The van der Waals surface area contributed by atoms with E-state index in [1.54, 1.807) is 0 Å². The van der Waals surface area contributed by atoms with Gasteiger partial charge in [-0.3, -0.25) is 0 Å². The van der Waals surface area contributed by atoms with E-state index in [4.69, 9.17) is 10.5 Å². The fraction of sp³-hybridized carbons (Fsp3) is 0.294. The lowest BCUT2D eigenvalue weighted by Gasteiger charge is -2.07. The number of thioether (sulfide) groups is 1. The normalized spacial score (nSPS) is 10.5. The SMILES string of the molecule is Cc1cc(C)cc(CSCCOc2ccc(N)cc2)c1.